The van der Waals surface area contributed by atoms with E-state index in [1.54, 1.807) is 12.1 Å². The topological polar surface area (TPSA) is 82.4 Å². The summed E-state index contributed by atoms with van der Waals surface area (Å²) in [5.74, 6) is -1.19. The summed E-state index contributed by atoms with van der Waals surface area (Å²) in [6.45, 7) is 1.88. The monoisotopic (exact) mass is 336 g/mol. The molecule has 0 unspecified atom stereocenters. The van der Waals surface area contributed by atoms with Crippen LogP contribution in [0.4, 0.5) is 5.69 Å². The molecule has 2 aliphatic rings. The van der Waals surface area contributed by atoms with Crippen molar-refractivity contribution in [2.45, 2.75) is 13.3 Å². The first-order valence-electron chi connectivity index (χ1n) is 8.40. The predicted octanol–water partition coefficient (Wildman–Crippen LogP) is 2.38. The van der Waals surface area contributed by atoms with E-state index in [1.807, 2.05) is 43.3 Å². The van der Waals surface area contributed by atoms with Crippen molar-refractivity contribution in [1.82, 2.24) is 0 Å². The van der Waals surface area contributed by atoms with E-state index in [9.17, 15) is 14.7 Å². The van der Waals surface area contributed by atoms with Crippen molar-refractivity contribution in [3.05, 3.63) is 54.3 Å². The van der Waals surface area contributed by atoms with Gasteiger partial charge in [0.1, 0.15) is 11.5 Å². The van der Waals surface area contributed by atoms with Gasteiger partial charge in [0.25, 0.3) is 0 Å². The third kappa shape index (κ3) is 2.76. The van der Waals surface area contributed by atoms with Gasteiger partial charge in [-0.05, 0) is 61.6 Å². The molecule has 1 fully saturated rings. The maximum absolute atomic E-state index is 12.6. The molecule has 0 saturated heterocycles. The number of hydrogen-bond acceptors (Lipinski definition) is 4. The Hall–Kier alpha value is -2.82. The van der Waals surface area contributed by atoms with Gasteiger partial charge in [-0.3, -0.25) is 4.79 Å². The fourth-order valence-corrected chi connectivity index (χ4v) is 4.03. The van der Waals surface area contributed by atoms with E-state index in [4.69, 9.17) is 4.42 Å². The summed E-state index contributed by atoms with van der Waals surface area (Å²) in [6.07, 6.45) is 4.57. The summed E-state index contributed by atoms with van der Waals surface area (Å²) in [7, 11) is 0. The smallest absolute Gasteiger partial charge is 0.228 e. The number of rotatable bonds is 4. The van der Waals surface area contributed by atoms with Gasteiger partial charge in [-0.1, -0.05) is 12.2 Å². The second-order valence-electron chi connectivity index (χ2n) is 6.80. The molecule has 4 rings (SSSR count). The average Bonchev–Trinajstić information content (AvgIpc) is 3.30. The van der Waals surface area contributed by atoms with Crippen LogP contribution in [0.3, 0.4) is 0 Å². The molecule has 1 amide bonds. The normalized spacial score (nSPS) is 26.8. The minimum Gasteiger partial charge on any atom is -0.550 e. The third-order valence-corrected chi connectivity index (χ3v) is 5.21. The van der Waals surface area contributed by atoms with Crippen molar-refractivity contribution >= 4 is 17.6 Å². The Balaban J connectivity index is 1.49. The van der Waals surface area contributed by atoms with E-state index >= 15 is 0 Å². The standard InChI is InChI=1S/C20H19NO4/c1-11-2-9-16(25-11)12-5-7-15(8-6-12)21-19(22)17-13-3-4-14(10-13)18(17)20(23)24/h2-9,13-14,17-18H,10H2,1H3,(H,21,22)(H,23,24)/p-1/t13-,14-,17-,18-/m1/s1. The number of carbonyl (C=O) groups excluding carboxylic acids is 2. The van der Waals surface area contributed by atoms with Crippen molar-refractivity contribution in [3.8, 4) is 11.3 Å². The van der Waals surface area contributed by atoms with Crippen LogP contribution in [-0.4, -0.2) is 11.9 Å². The van der Waals surface area contributed by atoms with E-state index in [-0.39, 0.29) is 17.7 Å². The zero-order valence-corrected chi connectivity index (χ0v) is 13.8. The van der Waals surface area contributed by atoms with Gasteiger partial charge in [-0.25, -0.2) is 0 Å². The van der Waals surface area contributed by atoms with Crippen LogP contribution >= 0.6 is 0 Å². The quantitative estimate of drug-likeness (QED) is 0.869. The number of nitrogens with one attached hydrogen (secondary N) is 1. The van der Waals surface area contributed by atoms with E-state index in [0.29, 0.717) is 12.1 Å². The van der Waals surface area contributed by atoms with E-state index in [0.717, 1.165) is 17.1 Å². The van der Waals surface area contributed by atoms with E-state index in [2.05, 4.69) is 5.32 Å². The summed E-state index contributed by atoms with van der Waals surface area (Å²) in [6, 6.07) is 11.1. The fourth-order valence-electron chi connectivity index (χ4n) is 4.03. The average molecular weight is 336 g/mol. The van der Waals surface area contributed by atoms with Crippen LogP contribution in [0.25, 0.3) is 11.3 Å². The minimum atomic E-state index is -1.14. The number of carbonyl (C=O) groups is 2. The molecule has 2 aromatic rings. The van der Waals surface area contributed by atoms with E-state index in [1.165, 1.54) is 0 Å². The molecular formula is C20H18NO4-. The van der Waals surface area contributed by atoms with Gasteiger partial charge in [-0.2, -0.15) is 0 Å². The molecule has 5 heteroatoms. The van der Waals surface area contributed by atoms with Crippen molar-refractivity contribution in [1.29, 1.82) is 0 Å². The Kier molecular flexibility index (Phi) is 3.71. The molecule has 1 aromatic carbocycles. The molecule has 2 bridgehead atoms. The number of benzene rings is 1. The highest BCUT2D eigenvalue weighted by molar-refractivity contribution is 5.96. The molecule has 0 radical (unpaired) electrons. The Morgan fingerprint density at radius 3 is 2.32 bits per heavy atom. The van der Waals surface area contributed by atoms with Gasteiger partial charge in [0, 0.05) is 23.1 Å². The van der Waals surface area contributed by atoms with Crippen molar-refractivity contribution in [2.75, 3.05) is 5.32 Å². The number of hydrogen-bond donors (Lipinski definition) is 1. The molecule has 2 aliphatic carbocycles. The first kappa shape index (κ1) is 15.7. The highest BCUT2D eigenvalue weighted by Crippen LogP contribution is 2.48. The fraction of sp³-hybridized carbons (Fsp3) is 0.300. The summed E-state index contributed by atoms with van der Waals surface area (Å²) >= 11 is 0. The van der Waals surface area contributed by atoms with Gasteiger partial charge in [0.05, 0.1) is 5.92 Å². The van der Waals surface area contributed by atoms with Crippen molar-refractivity contribution in [3.63, 3.8) is 0 Å². The van der Waals surface area contributed by atoms with Crippen LogP contribution in [0.2, 0.25) is 0 Å². The van der Waals surface area contributed by atoms with Gasteiger partial charge in [0.15, 0.2) is 0 Å². The predicted molar refractivity (Wildman–Crippen MR) is 90.2 cm³/mol. The molecular weight excluding hydrogens is 318 g/mol. The molecule has 128 valence electrons. The van der Waals surface area contributed by atoms with Crippen molar-refractivity contribution < 1.29 is 19.1 Å². The summed E-state index contributed by atoms with van der Waals surface area (Å²) < 4.78 is 5.58. The Morgan fingerprint density at radius 1 is 1.04 bits per heavy atom. The first-order valence-corrected chi connectivity index (χ1v) is 8.40. The Labute approximate surface area is 145 Å². The van der Waals surface area contributed by atoms with Crippen LogP contribution in [0.5, 0.6) is 0 Å². The number of allylic oxidation sites excluding steroid dienone is 2. The number of aryl methyl sites for hydroxylation is 1. The van der Waals surface area contributed by atoms with Gasteiger partial charge >= 0.3 is 0 Å². The molecule has 1 aromatic heterocycles. The highest BCUT2D eigenvalue weighted by Gasteiger charge is 2.48. The molecule has 0 spiro atoms. The Morgan fingerprint density at radius 2 is 1.72 bits per heavy atom. The van der Waals surface area contributed by atoms with Gasteiger partial charge in [0.2, 0.25) is 5.91 Å². The van der Waals surface area contributed by atoms with Crippen LogP contribution < -0.4 is 10.4 Å². The SMILES string of the molecule is Cc1ccc(-c2ccc(NC(=O)[C@H]3[C@H](C(=O)[O-])[C@@H]4C=C[C@@H]3C4)cc2)o1. The van der Waals surface area contributed by atoms with Gasteiger partial charge in [-0.15, -0.1) is 0 Å². The minimum absolute atomic E-state index is 0.0155. The molecule has 1 heterocycles. The number of amides is 1. The molecule has 0 aliphatic heterocycles. The van der Waals surface area contributed by atoms with E-state index < -0.39 is 17.8 Å². The zero-order chi connectivity index (χ0) is 17.6. The highest BCUT2D eigenvalue weighted by atomic mass is 16.4. The maximum atomic E-state index is 12.6. The summed E-state index contributed by atoms with van der Waals surface area (Å²) in [4.78, 5) is 24.0. The molecule has 5 nitrogen and oxygen atoms in total. The van der Waals surface area contributed by atoms with Crippen LogP contribution in [0.1, 0.15) is 12.2 Å². The lowest BCUT2D eigenvalue weighted by Crippen LogP contribution is -2.42. The molecule has 1 saturated carbocycles. The van der Waals surface area contributed by atoms with Gasteiger partial charge < -0.3 is 19.6 Å². The van der Waals surface area contributed by atoms with Crippen LogP contribution in [0, 0.1) is 30.6 Å². The number of anilines is 1. The lowest BCUT2D eigenvalue weighted by atomic mass is 9.82. The largest absolute Gasteiger partial charge is 0.550 e. The number of aliphatic carboxylic acids is 1. The van der Waals surface area contributed by atoms with Crippen molar-refractivity contribution in [2.24, 2.45) is 23.7 Å². The number of carboxylic acids is 1. The second-order valence-corrected chi connectivity index (χ2v) is 6.80. The lowest BCUT2D eigenvalue weighted by Gasteiger charge is -2.27. The summed E-state index contributed by atoms with van der Waals surface area (Å²) in [5.41, 5.74) is 1.56. The molecule has 25 heavy (non-hydrogen) atoms. The lowest BCUT2D eigenvalue weighted by molar-refractivity contribution is -0.313. The third-order valence-electron chi connectivity index (χ3n) is 5.21. The number of furan rings is 1. The molecule has 4 atom stereocenters. The number of carboxylic acid groups (broad SMARTS) is 1. The Bertz CT molecular complexity index is 849. The maximum Gasteiger partial charge on any atom is 0.228 e. The molecule has 1 N–H and O–H groups in total. The number of fused-ring (bicyclic) bond motifs is 2. The van der Waals surface area contributed by atoms with Crippen LogP contribution in [-0.2, 0) is 9.59 Å². The second kappa shape index (κ2) is 5.92. The van der Waals surface area contributed by atoms with Crippen LogP contribution in [0.15, 0.2) is 53.0 Å². The first-order chi connectivity index (χ1) is 12.0. The summed E-state index contributed by atoms with van der Waals surface area (Å²) in [5, 5.41) is 14.3. The zero-order valence-electron chi connectivity index (χ0n) is 13.8.